The molecule has 0 atom stereocenters. The van der Waals surface area contributed by atoms with Crippen LogP contribution >= 0.6 is 0 Å². The molecule has 0 aliphatic rings. The maximum absolute atomic E-state index is 12.6. The second kappa shape index (κ2) is 7.36. The normalized spacial score (nSPS) is 11.0. The van der Waals surface area contributed by atoms with E-state index in [-0.39, 0.29) is 5.91 Å². The van der Waals surface area contributed by atoms with Crippen molar-refractivity contribution in [2.45, 2.75) is 6.92 Å². The van der Waals surface area contributed by atoms with Gasteiger partial charge in [-0.3, -0.25) is 4.79 Å². The number of ether oxygens (including phenoxy) is 1. The van der Waals surface area contributed by atoms with Gasteiger partial charge in [-0.1, -0.05) is 12.1 Å². The molecule has 6 heteroatoms. The highest BCUT2D eigenvalue weighted by atomic mass is 16.5. The molecule has 130 valence electrons. The Labute approximate surface area is 146 Å². The third kappa shape index (κ3) is 4.16. The van der Waals surface area contributed by atoms with Gasteiger partial charge >= 0.3 is 0 Å². The molecule has 0 spiro atoms. The summed E-state index contributed by atoms with van der Waals surface area (Å²) in [6.45, 7) is 3.08. The van der Waals surface area contributed by atoms with E-state index < -0.39 is 0 Å². The molecular weight excluding hydrogens is 318 g/mol. The first-order valence-electron chi connectivity index (χ1n) is 8.08. The zero-order chi connectivity index (χ0) is 17.8. The van der Waals surface area contributed by atoms with Gasteiger partial charge in [0.05, 0.1) is 5.56 Å². The number of carbonyl (C=O) groups is 1. The number of aromatic nitrogens is 1. The molecule has 1 N–H and O–H groups in total. The number of likely N-dealkylation sites (N-methyl/N-ethyl adjacent to an activating group) is 1. The Morgan fingerprint density at radius 2 is 2.04 bits per heavy atom. The van der Waals surface area contributed by atoms with Crippen molar-refractivity contribution in [1.29, 1.82) is 0 Å². The highest BCUT2D eigenvalue weighted by Gasteiger charge is 2.13. The van der Waals surface area contributed by atoms with Crippen LogP contribution in [0.5, 0.6) is 5.75 Å². The number of para-hydroxylation sites is 1. The number of amides is 1. The molecule has 0 bridgehead atoms. The Balaban J connectivity index is 1.75. The number of nitrogens with one attached hydrogen (secondary N) is 1. The first-order valence-corrected chi connectivity index (χ1v) is 8.08. The van der Waals surface area contributed by atoms with Crippen molar-refractivity contribution in [3.05, 3.63) is 53.9 Å². The van der Waals surface area contributed by atoms with Crippen molar-refractivity contribution in [3.8, 4) is 5.75 Å². The van der Waals surface area contributed by atoms with Crippen LogP contribution in [0.1, 0.15) is 16.2 Å². The van der Waals surface area contributed by atoms with E-state index in [0.717, 1.165) is 12.1 Å². The minimum atomic E-state index is -0.226. The van der Waals surface area contributed by atoms with E-state index in [4.69, 9.17) is 9.15 Å². The third-order valence-corrected chi connectivity index (χ3v) is 3.68. The Kier molecular flexibility index (Phi) is 5.00. The second-order valence-electron chi connectivity index (χ2n) is 6.02. The van der Waals surface area contributed by atoms with Crippen LogP contribution in [-0.4, -0.2) is 43.0 Å². The molecule has 0 unspecified atom stereocenters. The van der Waals surface area contributed by atoms with E-state index in [1.165, 1.54) is 0 Å². The topological polar surface area (TPSA) is 67.6 Å². The van der Waals surface area contributed by atoms with Gasteiger partial charge in [0.25, 0.3) is 5.91 Å². The summed E-state index contributed by atoms with van der Waals surface area (Å²) in [5.74, 6) is 0.938. The van der Waals surface area contributed by atoms with Gasteiger partial charge in [0.2, 0.25) is 0 Å². The third-order valence-electron chi connectivity index (χ3n) is 3.68. The number of aryl methyl sites for hydroxylation is 1. The van der Waals surface area contributed by atoms with Gasteiger partial charge in [-0.15, -0.1) is 0 Å². The Hall–Kier alpha value is -2.86. The lowest BCUT2D eigenvalue weighted by Gasteiger charge is -2.14. The largest absolute Gasteiger partial charge is 0.491 e. The molecular formula is C19H21N3O3. The quantitative estimate of drug-likeness (QED) is 0.746. The van der Waals surface area contributed by atoms with Crippen LogP contribution in [0, 0.1) is 6.92 Å². The molecule has 6 nitrogen and oxygen atoms in total. The standard InChI is InChI=1S/C19H21N3O3/c1-13-20-16-9-8-14(12-18(16)25-13)21-19(23)15-6-4-5-7-17(15)24-11-10-22(2)3/h4-9,12H,10-11H2,1-3H3,(H,21,23). The lowest BCUT2D eigenvalue weighted by molar-refractivity contribution is 0.102. The van der Waals surface area contributed by atoms with Gasteiger partial charge in [0.15, 0.2) is 11.5 Å². The summed E-state index contributed by atoms with van der Waals surface area (Å²) >= 11 is 0. The number of carbonyl (C=O) groups excluding carboxylic acids is 1. The van der Waals surface area contributed by atoms with Crippen LogP contribution in [0.3, 0.4) is 0 Å². The maximum atomic E-state index is 12.6. The Morgan fingerprint density at radius 1 is 1.24 bits per heavy atom. The summed E-state index contributed by atoms with van der Waals surface area (Å²) < 4.78 is 11.3. The van der Waals surface area contributed by atoms with Crippen molar-refractivity contribution >= 4 is 22.7 Å². The summed E-state index contributed by atoms with van der Waals surface area (Å²) in [6, 6.07) is 12.6. The summed E-state index contributed by atoms with van der Waals surface area (Å²) in [5.41, 5.74) is 2.56. The molecule has 2 aromatic carbocycles. The van der Waals surface area contributed by atoms with Crippen molar-refractivity contribution in [1.82, 2.24) is 9.88 Å². The summed E-state index contributed by atoms with van der Waals surface area (Å²) in [4.78, 5) is 18.9. The minimum Gasteiger partial charge on any atom is -0.491 e. The first-order chi connectivity index (χ1) is 12.0. The average molecular weight is 339 g/mol. The average Bonchev–Trinajstić information content (AvgIpc) is 2.94. The highest BCUT2D eigenvalue weighted by Crippen LogP contribution is 2.23. The van der Waals surface area contributed by atoms with Crippen LogP contribution < -0.4 is 10.1 Å². The van der Waals surface area contributed by atoms with Crippen LogP contribution in [0.25, 0.3) is 11.1 Å². The number of hydrogen-bond donors (Lipinski definition) is 1. The summed E-state index contributed by atoms with van der Waals surface area (Å²) in [7, 11) is 3.95. The molecule has 3 aromatic rings. The van der Waals surface area contributed by atoms with E-state index in [2.05, 4.69) is 10.3 Å². The zero-order valence-corrected chi connectivity index (χ0v) is 14.6. The SMILES string of the molecule is Cc1nc2ccc(NC(=O)c3ccccc3OCCN(C)C)cc2o1. The zero-order valence-electron chi connectivity index (χ0n) is 14.6. The summed E-state index contributed by atoms with van der Waals surface area (Å²) in [6.07, 6.45) is 0. The van der Waals surface area contributed by atoms with E-state index in [1.54, 1.807) is 31.2 Å². The van der Waals surface area contributed by atoms with E-state index in [9.17, 15) is 4.79 Å². The molecule has 0 saturated heterocycles. The highest BCUT2D eigenvalue weighted by molar-refractivity contribution is 6.06. The van der Waals surface area contributed by atoms with Crippen LogP contribution in [0.15, 0.2) is 46.9 Å². The van der Waals surface area contributed by atoms with Crippen LogP contribution in [0.4, 0.5) is 5.69 Å². The fraction of sp³-hybridized carbons (Fsp3) is 0.263. The molecule has 0 fully saturated rings. The number of nitrogens with zero attached hydrogens (tertiary/aromatic N) is 2. The van der Waals surface area contributed by atoms with Gasteiger partial charge in [0.1, 0.15) is 17.9 Å². The minimum absolute atomic E-state index is 0.226. The van der Waals surface area contributed by atoms with Crippen molar-refractivity contribution < 1.29 is 13.9 Å². The predicted molar refractivity (Wildman–Crippen MR) is 97.2 cm³/mol. The predicted octanol–water partition coefficient (Wildman–Crippen LogP) is 3.33. The van der Waals surface area contributed by atoms with Crippen molar-refractivity contribution in [2.75, 3.05) is 32.6 Å². The lowest BCUT2D eigenvalue weighted by Crippen LogP contribution is -2.20. The molecule has 1 amide bonds. The Bertz CT molecular complexity index is 887. The van der Waals surface area contributed by atoms with Gasteiger partial charge in [-0.25, -0.2) is 4.98 Å². The monoisotopic (exact) mass is 339 g/mol. The van der Waals surface area contributed by atoms with E-state index in [1.807, 2.05) is 37.2 Å². The fourth-order valence-corrected chi connectivity index (χ4v) is 2.43. The van der Waals surface area contributed by atoms with Gasteiger partial charge in [-0.05, 0) is 38.4 Å². The van der Waals surface area contributed by atoms with Crippen LogP contribution in [0.2, 0.25) is 0 Å². The number of fused-ring (bicyclic) bond motifs is 1. The number of anilines is 1. The molecule has 1 aromatic heterocycles. The molecule has 1 heterocycles. The summed E-state index contributed by atoms with van der Waals surface area (Å²) in [5, 5.41) is 2.88. The molecule has 0 aliphatic heterocycles. The van der Waals surface area contributed by atoms with Crippen molar-refractivity contribution in [3.63, 3.8) is 0 Å². The molecule has 0 aliphatic carbocycles. The fourth-order valence-electron chi connectivity index (χ4n) is 2.43. The first kappa shape index (κ1) is 17.0. The maximum Gasteiger partial charge on any atom is 0.259 e. The number of hydrogen-bond acceptors (Lipinski definition) is 5. The number of oxazole rings is 1. The second-order valence-corrected chi connectivity index (χ2v) is 6.02. The van der Waals surface area contributed by atoms with E-state index >= 15 is 0 Å². The van der Waals surface area contributed by atoms with Gasteiger partial charge in [-0.2, -0.15) is 0 Å². The number of rotatable bonds is 6. The van der Waals surface area contributed by atoms with Crippen molar-refractivity contribution in [2.24, 2.45) is 0 Å². The Morgan fingerprint density at radius 3 is 2.84 bits per heavy atom. The van der Waals surface area contributed by atoms with Crippen LogP contribution in [-0.2, 0) is 0 Å². The molecule has 25 heavy (non-hydrogen) atoms. The van der Waals surface area contributed by atoms with Gasteiger partial charge in [0, 0.05) is 25.2 Å². The smallest absolute Gasteiger partial charge is 0.259 e. The molecule has 0 radical (unpaired) electrons. The van der Waals surface area contributed by atoms with E-state index in [0.29, 0.717) is 35.1 Å². The molecule has 0 saturated carbocycles. The lowest BCUT2D eigenvalue weighted by atomic mass is 10.2. The molecule has 3 rings (SSSR count). The number of benzene rings is 2. The van der Waals surface area contributed by atoms with Gasteiger partial charge < -0.3 is 19.4 Å².